The Bertz CT molecular complexity index is 1140. The van der Waals surface area contributed by atoms with Gasteiger partial charge in [-0.25, -0.2) is 4.98 Å². The van der Waals surface area contributed by atoms with E-state index in [1.54, 1.807) is 0 Å². The Morgan fingerprint density at radius 1 is 0.900 bits per heavy atom. The second-order valence-electron chi connectivity index (χ2n) is 5.92. The van der Waals surface area contributed by atoms with Gasteiger partial charge in [0, 0.05) is 18.0 Å². The molecule has 0 saturated carbocycles. The zero-order chi connectivity index (χ0) is 22.3. The van der Waals surface area contributed by atoms with Crippen LogP contribution in [-0.2, 0) is 12.4 Å². The number of alkyl halides is 6. The minimum Gasteiger partial charge on any atom is -0.304 e. The van der Waals surface area contributed by atoms with Gasteiger partial charge in [-0.1, -0.05) is 17.7 Å². The molecule has 0 aliphatic rings. The summed E-state index contributed by atoms with van der Waals surface area (Å²) in [5.41, 5.74) is 0.791. The number of pyridine rings is 1. The van der Waals surface area contributed by atoms with Crippen molar-refractivity contribution in [2.75, 3.05) is 0 Å². The van der Waals surface area contributed by atoms with Gasteiger partial charge in [0.2, 0.25) is 0 Å². The molecule has 0 fully saturated rings. The quantitative estimate of drug-likeness (QED) is 0.456. The number of hydrogen-bond donors (Lipinski definition) is 2. The Labute approximate surface area is 168 Å². The Morgan fingerprint density at radius 2 is 1.53 bits per heavy atom. The van der Waals surface area contributed by atoms with E-state index in [2.05, 4.69) is 4.98 Å². The van der Waals surface area contributed by atoms with Crippen LogP contribution >= 0.6 is 11.6 Å². The lowest BCUT2D eigenvalue weighted by atomic mass is 10.1. The highest BCUT2D eigenvalue weighted by Gasteiger charge is 2.32. The smallest absolute Gasteiger partial charge is 0.304 e. The maximum Gasteiger partial charge on any atom is 0.417 e. The highest BCUT2D eigenvalue weighted by atomic mass is 35.5. The number of nitrogens with one attached hydrogen (secondary N) is 2. The summed E-state index contributed by atoms with van der Waals surface area (Å²) in [7, 11) is 0. The topological polar surface area (TPSA) is 75.5 Å². The number of aromatic nitrogens is 2. The van der Waals surface area contributed by atoms with E-state index < -0.39 is 35.3 Å². The first-order chi connectivity index (χ1) is 13.9. The molecule has 13 heteroatoms. The van der Waals surface area contributed by atoms with Gasteiger partial charge >= 0.3 is 12.4 Å². The maximum absolute atomic E-state index is 12.8. The van der Waals surface area contributed by atoms with E-state index in [9.17, 15) is 35.9 Å². The summed E-state index contributed by atoms with van der Waals surface area (Å²) in [5, 5.41) is -0.364. The molecule has 6 nitrogen and oxygen atoms in total. The molecule has 0 atom stereocenters. The number of halogens is 7. The molecule has 2 heterocycles. The van der Waals surface area contributed by atoms with Gasteiger partial charge in [-0.3, -0.25) is 20.4 Å². The van der Waals surface area contributed by atoms with E-state index >= 15 is 0 Å². The highest BCUT2D eigenvalue weighted by molar-refractivity contribution is 6.33. The van der Waals surface area contributed by atoms with Crippen LogP contribution in [0.3, 0.4) is 0 Å². The predicted octanol–water partition coefficient (Wildman–Crippen LogP) is 4.10. The molecule has 0 spiro atoms. The Balaban J connectivity index is 1.76. The van der Waals surface area contributed by atoms with Gasteiger partial charge in [-0.05, 0) is 24.3 Å². The lowest BCUT2D eigenvalue weighted by Gasteiger charge is -2.09. The molecule has 0 radical (unpaired) electrons. The third kappa shape index (κ3) is 4.48. The summed E-state index contributed by atoms with van der Waals surface area (Å²) in [6.07, 6.45) is -7.72. The second kappa shape index (κ2) is 7.52. The van der Waals surface area contributed by atoms with Crippen molar-refractivity contribution in [1.29, 1.82) is 0 Å². The Kier molecular flexibility index (Phi) is 5.37. The zero-order valence-electron chi connectivity index (χ0n) is 14.4. The van der Waals surface area contributed by atoms with E-state index in [4.69, 9.17) is 11.6 Å². The van der Waals surface area contributed by atoms with Crippen LogP contribution in [0.2, 0.25) is 5.02 Å². The molecule has 0 saturated heterocycles. The number of hydrazine groups is 1. The van der Waals surface area contributed by atoms with Gasteiger partial charge in [-0.15, -0.1) is 0 Å². The van der Waals surface area contributed by atoms with Crippen LogP contribution in [0.4, 0.5) is 26.3 Å². The molecule has 2 aromatic heterocycles. The highest BCUT2D eigenvalue weighted by Crippen LogP contribution is 2.32. The van der Waals surface area contributed by atoms with Gasteiger partial charge < -0.3 is 4.40 Å². The van der Waals surface area contributed by atoms with Crippen LogP contribution in [0.1, 0.15) is 32.0 Å². The zero-order valence-corrected chi connectivity index (χ0v) is 15.2. The molecule has 0 aliphatic heterocycles. The Morgan fingerprint density at radius 3 is 2.17 bits per heavy atom. The monoisotopic (exact) mass is 450 g/mol. The average Bonchev–Trinajstić information content (AvgIpc) is 3.09. The van der Waals surface area contributed by atoms with Crippen LogP contribution < -0.4 is 10.9 Å². The molecule has 1 aromatic carbocycles. The van der Waals surface area contributed by atoms with Gasteiger partial charge in [-0.2, -0.15) is 26.3 Å². The fourth-order valence-corrected chi connectivity index (χ4v) is 2.67. The summed E-state index contributed by atoms with van der Waals surface area (Å²) in [4.78, 5) is 27.9. The molecule has 3 aromatic rings. The molecule has 30 heavy (non-hydrogen) atoms. The van der Waals surface area contributed by atoms with Gasteiger partial charge in [0.15, 0.2) is 5.65 Å². The van der Waals surface area contributed by atoms with Crippen molar-refractivity contribution in [3.05, 3.63) is 70.1 Å². The molecular weight excluding hydrogens is 442 g/mol. The van der Waals surface area contributed by atoms with Gasteiger partial charge in [0.05, 0.1) is 16.1 Å². The maximum atomic E-state index is 12.8. The van der Waals surface area contributed by atoms with Crippen molar-refractivity contribution < 1.29 is 35.9 Å². The van der Waals surface area contributed by atoms with Gasteiger partial charge in [0.25, 0.3) is 11.8 Å². The SMILES string of the molecule is O=C(NNC(=O)c1cn2cc(C(F)(F)F)cc(Cl)c2n1)c1cccc(C(F)(F)F)c1. The first-order valence-corrected chi connectivity index (χ1v) is 8.27. The fourth-order valence-electron chi connectivity index (χ4n) is 2.41. The molecule has 2 N–H and O–H groups in total. The number of carbonyl (C=O) groups is 2. The lowest BCUT2D eigenvalue weighted by Crippen LogP contribution is -2.41. The number of nitrogens with zero attached hydrogens (tertiary/aromatic N) is 2. The van der Waals surface area contributed by atoms with Gasteiger partial charge in [0.1, 0.15) is 5.69 Å². The van der Waals surface area contributed by atoms with Crippen molar-refractivity contribution in [3.63, 3.8) is 0 Å². The van der Waals surface area contributed by atoms with Crippen molar-refractivity contribution in [1.82, 2.24) is 20.2 Å². The number of amides is 2. The molecular formula is C17H9ClF6N4O2. The third-order valence-electron chi connectivity index (χ3n) is 3.81. The lowest BCUT2D eigenvalue weighted by molar-refractivity contribution is -0.138. The van der Waals surface area contributed by atoms with Crippen molar-refractivity contribution >= 4 is 29.1 Å². The summed E-state index contributed by atoms with van der Waals surface area (Å²) < 4.78 is 77.5. The minimum atomic E-state index is -4.68. The first kappa shape index (κ1) is 21.4. The normalized spacial score (nSPS) is 12.1. The van der Waals surface area contributed by atoms with Crippen LogP contribution in [0.25, 0.3) is 5.65 Å². The summed E-state index contributed by atoms with van der Waals surface area (Å²) in [6.45, 7) is 0. The predicted molar refractivity (Wildman–Crippen MR) is 91.6 cm³/mol. The van der Waals surface area contributed by atoms with E-state index in [0.29, 0.717) is 18.3 Å². The molecule has 158 valence electrons. The van der Waals surface area contributed by atoms with E-state index in [0.717, 1.165) is 28.8 Å². The van der Waals surface area contributed by atoms with Crippen molar-refractivity contribution in [3.8, 4) is 0 Å². The van der Waals surface area contributed by atoms with Crippen LogP contribution in [0.5, 0.6) is 0 Å². The van der Waals surface area contributed by atoms with Crippen LogP contribution in [-0.4, -0.2) is 21.2 Å². The van der Waals surface area contributed by atoms with E-state index in [-0.39, 0.29) is 21.9 Å². The molecule has 3 rings (SSSR count). The van der Waals surface area contributed by atoms with Crippen molar-refractivity contribution in [2.45, 2.75) is 12.4 Å². The largest absolute Gasteiger partial charge is 0.417 e. The Hall–Kier alpha value is -3.28. The van der Waals surface area contributed by atoms with E-state index in [1.165, 1.54) is 0 Å². The number of rotatable bonds is 2. The van der Waals surface area contributed by atoms with Crippen molar-refractivity contribution in [2.24, 2.45) is 0 Å². The fraction of sp³-hybridized carbons (Fsp3) is 0.118. The molecule has 0 aliphatic carbocycles. The standard InChI is InChI=1S/C17H9ClF6N4O2/c18-11-5-10(17(22,23)24)6-28-7-12(25-13(11)28)15(30)27-26-14(29)8-2-1-3-9(4-8)16(19,20)21/h1-7H,(H,26,29)(H,27,30). The molecule has 0 unspecified atom stereocenters. The summed E-state index contributed by atoms with van der Waals surface area (Å²) in [5.74, 6) is -2.07. The summed E-state index contributed by atoms with van der Waals surface area (Å²) in [6, 6.07) is 4.11. The number of carbonyl (C=O) groups excluding carboxylic acids is 2. The third-order valence-corrected chi connectivity index (χ3v) is 4.09. The first-order valence-electron chi connectivity index (χ1n) is 7.89. The van der Waals surface area contributed by atoms with E-state index in [1.807, 2.05) is 10.9 Å². The number of hydrogen-bond acceptors (Lipinski definition) is 3. The number of fused-ring (bicyclic) bond motifs is 1. The second-order valence-corrected chi connectivity index (χ2v) is 6.33. The average molecular weight is 451 g/mol. The molecule has 0 bridgehead atoms. The summed E-state index contributed by atoms with van der Waals surface area (Å²) >= 11 is 5.77. The van der Waals surface area contributed by atoms with Crippen LogP contribution in [0, 0.1) is 0 Å². The number of imidazole rings is 1. The minimum absolute atomic E-state index is 0.140. The molecule has 2 amide bonds. The number of benzene rings is 1. The van der Waals surface area contributed by atoms with Crippen LogP contribution in [0.15, 0.2) is 42.7 Å².